The lowest BCUT2D eigenvalue weighted by Gasteiger charge is -2.27. The molecule has 1 fully saturated rings. The summed E-state index contributed by atoms with van der Waals surface area (Å²) in [5.41, 5.74) is 2.31. The molecular formula is C16H22N4. The lowest BCUT2D eigenvalue weighted by Crippen LogP contribution is -2.25. The maximum Gasteiger partial charge on any atom is 0.163 e. The fraction of sp³-hybridized carbons (Fsp3) is 0.500. The van der Waals surface area contributed by atoms with Crippen molar-refractivity contribution in [3.8, 4) is 11.4 Å². The van der Waals surface area contributed by atoms with Gasteiger partial charge in [0.15, 0.2) is 5.82 Å². The summed E-state index contributed by atoms with van der Waals surface area (Å²) in [6, 6.07) is 9.13. The minimum absolute atomic E-state index is 0.631. The second-order valence-corrected chi connectivity index (χ2v) is 5.94. The van der Waals surface area contributed by atoms with Gasteiger partial charge in [-0.05, 0) is 55.9 Å². The summed E-state index contributed by atoms with van der Waals surface area (Å²) in [7, 11) is 1.96. The highest BCUT2D eigenvalue weighted by atomic mass is 15.2. The van der Waals surface area contributed by atoms with E-state index in [1.807, 2.05) is 11.6 Å². The van der Waals surface area contributed by atoms with Gasteiger partial charge in [0.2, 0.25) is 0 Å². The molecule has 1 aromatic carbocycles. The van der Waals surface area contributed by atoms with E-state index < -0.39 is 0 Å². The Bertz CT molecular complexity index is 550. The lowest BCUT2D eigenvalue weighted by atomic mass is 9.87. The van der Waals surface area contributed by atoms with Crippen molar-refractivity contribution < 1.29 is 0 Å². The number of aromatic nitrogens is 3. The van der Waals surface area contributed by atoms with E-state index in [4.69, 9.17) is 0 Å². The van der Waals surface area contributed by atoms with E-state index in [9.17, 15) is 0 Å². The Morgan fingerprint density at radius 3 is 2.40 bits per heavy atom. The molecule has 0 amide bonds. The highest BCUT2D eigenvalue weighted by molar-refractivity contribution is 5.59. The first-order valence-electron chi connectivity index (χ1n) is 7.43. The van der Waals surface area contributed by atoms with Crippen LogP contribution in [0, 0.1) is 5.92 Å². The second kappa shape index (κ2) is 5.65. The molecule has 0 aliphatic heterocycles. The molecule has 1 aromatic heterocycles. The van der Waals surface area contributed by atoms with Crippen molar-refractivity contribution in [3.63, 3.8) is 0 Å². The van der Waals surface area contributed by atoms with E-state index >= 15 is 0 Å². The molecule has 3 rings (SSSR count). The van der Waals surface area contributed by atoms with Crippen LogP contribution in [-0.2, 0) is 7.05 Å². The van der Waals surface area contributed by atoms with Crippen LogP contribution < -0.4 is 5.32 Å². The Morgan fingerprint density at radius 2 is 1.80 bits per heavy atom. The molecule has 1 aliphatic carbocycles. The van der Waals surface area contributed by atoms with Gasteiger partial charge >= 0.3 is 0 Å². The summed E-state index contributed by atoms with van der Waals surface area (Å²) in [6.45, 7) is 2.35. The van der Waals surface area contributed by atoms with Crippen molar-refractivity contribution >= 4 is 5.69 Å². The lowest BCUT2D eigenvalue weighted by molar-refractivity contribution is 0.361. The van der Waals surface area contributed by atoms with Gasteiger partial charge in [0, 0.05) is 24.3 Å². The molecular weight excluding hydrogens is 248 g/mol. The Kier molecular flexibility index (Phi) is 3.72. The number of hydrogen-bond acceptors (Lipinski definition) is 3. The summed E-state index contributed by atoms with van der Waals surface area (Å²) in [5, 5.41) is 11.7. The third-order valence-corrected chi connectivity index (χ3v) is 4.24. The zero-order valence-electron chi connectivity index (χ0n) is 12.2. The Hall–Kier alpha value is -1.84. The average Bonchev–Trinajstić information content (AvgIpc) is 2.89. The second-order valence-electron chi connectivity index (χ2n) is 5.94. The number of rotatable bonds is 3. The van der Waals surface area contributed by atoms with Crippen molar-refractivity contribution in [1.29, 1.82) is 0 Å². The predicted molar refractivity (Wildman–Crippen MR) is 81.5 cm³/mol. The van der Waals surface area contributed by atoms with Crippen molar-refractivity contribution in [2.75, 3.05) is 5.32 Å². The number of hydrogen-bond donors (Lipinski definition) is 1. The minimum Gasteiger partial charge on any atom is -0.382 e. The topological polar surface area (TPSA) is 42.7 Å². The number of anilines is 1. The fourth-order valence-corrected chi connectivity index (χ4v) is 2.90. The van der Waals surface area contributed by atoms with Crippen LogP contribution in [0.5, 0.6) is 0 Å². The Morgan fingerprint density at radius 1 is 1.10 bits per heavy atom. The standard InChI is InChI=1S/C16H22N4/c1-12-3-7-14(8-4-12)18-15-9-5-13(6-10-15)16-19-17-11-20(16)2/h5-6,9-12,14,18H,3-4,7-8H2,1-2H3. The van der Waals surface area contributed by atoms with Gasteiger partial charge in [0.05, 0.1) is 0 Å². The van der Waals surface area contributed by atoms with Crippen LogP contribution in [0.15, 0.2) is 30.6 Å². The summed E-state index contributed by atoms with van der Waals surface area (Å²) in [6.07, 6.45) is 6.98. The van der Waals surface area contributed by atoms with Gasteiger partial charge in [0.25, 0.3) is 0 Å². The van der Waals surface area contributed by atoms with E-state index in [1.54, 1.807) is 6.33 Å². The van der Waals surface area contributed by atoms with E-state index in [0.717, 1.165) is 17.3 Å². The van der Waals surface area contributed by atoms with Crippen molar-refractivity contribution in [2.45, 2.75) is 38.6 Å². The molecule has 0 spiro atoms. The van der Waals surface area contributed by atoms with E-state index in [0.29, 0.717) is 6.04 Å². The molecule has 106 valence electrons. The number of aryl methyl sites for hydroxylation is 1. The van der Waals surface area contributed by atoms with Crippen molar-refractivity contribution in [2.24, 2.45) is 13.0 Å². The third kappa shape index (κ3) is 2.84. The van der Waals surface area contributed by atoms with E-state index in [1.165, 1.54) is 31.4 Å². The first-order chi connectivity index (χ1) is 9.72. The van der Waals surface area contributed by atoms with Crippen LogP contribution in [0.1, 0.15) is 32.6 Å². The zero-order chi connectivity index (χ0) is 13.9. The summed E-state index contributed by atoms with van der Waals surface area (Å²) < 4.78 is 1.94. The van der Waals surface area contributed by atoms with Crippen molar-refractivity contribution in [3.05, 3.63) is 30.6 Å². The molecule has 2 aromatic rings. The van der Waals surface area contributed by atoms with Crippen molar-refractivity contribution in [1.82, 2.24) is 14.8 Å². The quantitative estimate of drug-likeness (QED) is 0.928. The molecule has 0 unspecified atom stereocenters. The Labute approximate surface area is 120 Å². The zero-order valence-corrected chi connectivity index (χ0v) is 12.2. The molecule has 1 saturated carbocycles. The summed E-state index contributed by atoms with van der Waals surface area (Å²) in [5.74, 6) is 1.80. The van der Waals surface area contributed by atoms with Gasteiger partial charge in [-0.15, -0.1) is 10.2 Å². The summed E-state index contributed by atoms with van der Waals surface area (Å²) >= 11 is 0. The molecule has 4 nitrogen and oxygen atoms in total. The SMILES string of the molecule is CC1CCC(Nc2ccc(-c3nncn3C)cc2)CC1. The molecule has 4 heteroatoms. The maximum atomic E-state index is 4.13. The predicted octanol–water partition coefficient (Wildman–Crippen LogP) is 3.47. The number of nitrogens with zero attached hydrogens (tertiary/aromatic N) is 3. The van der Waals surface area contributed by atoms with Crippen LogP contribution in [0.3, 0.4) is 0 Å². The molecule has 0 bridgehead atoms. The largest absolute Gasteiger partial charge is 0.382 e. The van der Waals surface area contributed by atoms with Gasteiger partial charge < -0.3 is 9.88 Å². The van der Waals surface area contributed by atoms with E-state index in [-0.39, 0.29) is 0 Å². The maximum absolute atomic E-state index is 4.13. The summed E-state index contributed by atoms with van der Waals surface area (Å²) in [4.78, 5) is 0. The Balaban J connectivity index is 1.66. The van der Waals surface area contributed by atoms with Crippen LogP contribution in [0.25, 0.3) is 11.4 Å². The monoisotopic (exact) mass is 270 g/mol. The molecule has 20 heavy (non-hydrogen) atoms. The molecule has 0 atom stereocenters. The number of nitrogens with one attached hydrogen (secondary N) is 1. The smallest absolute Gasteiger partial charge is 0.163 e. The molecule has 0 radical (unpaired) electrons. The normalized spacial score (nSPS) is 22.7. The van der Waals surface area contributed by atoms with Gasteiger partial charge in [0.1, 0.15) is 6.33 Å². The minimum atomic E-state index is 0.631. The molecule has 0 saturated heterocycles. The fourth-order valence-electron chi connectivity index (χ4n) is 2.90. The first kappa shape index (κ1) is 13.2. The van der Waals surface area contributed by atoms with Crippen LogP contribution >= 0.6 is 0 Å². The van der Waals surface area contributed by atoms with Gasteiger partial charge in [-0.3, -0.25) is 0 Å². The highest BCUT2D eigenvalue weighted by Gasteiger charge is 2.17. The van der Waals surface area contributed by atoms with Gasteiger partial charge in [-0.1, -0.05) is 6.92 Å². The van der Waals surface area contributed by atoms with Gasteiger partial charge in [-0.2, -0.15) is 0 Å². The van der Waals surface area contributed by atoms with Crippen LogP contribution in [0.4, 0.5) is 5.69 Å². The molecule has 1 heterocycles. The molecule has 1 N–H and O–H groups in total. The highest BCUT2D eigenvalue weighted by Crippen LogP contribution is 2.26. The molecule has 1 aliphatic rings. The van der Waals surface area contributed by atoms with Crippen LogP contribution in [0.2, 0.25) is 0 Å². The number of benzene rings is 1. The van der Waals surface area contributed by atoms with E-state index in [2.05, 4.69) is 46.7 Å². The first-order valence-corrected chi connectivity index (χ1v) is 7.43. The van der Waals surface area contributed by atoms with Gasteiger partial charge in [-0.25, -0.2) is 0 Å². The third-order valence-electron chi connectivity index (χ3n) is 4.24. The average molecular weight is 270 g/mol. The van der Waals surface area contributed by atoms with Crippen LogP contribution in [-0.4, -0.2) is 20.8 Å².